The summed E-state index contributed by atoms with van der Waals surface area (Å²) in [6.07, 6.45) is 0.169. The van der Waals surface area contributed by atoms with Crippen LogP contribution in [-0.4, -0.2) is 54.0 Å². The molecule has 4 N–H and O–H groups in total. The number of thiocarbonyl (C=S) groups is 2. The summed E-state index contributed by atoms with van der Waals surface area (Å²) < 4.78 is 31.2. The molecule has 0 aliphatic heterocycles. The van der Waals surface area contributed by atoms with Crippen molar-refractivity contribution in [3.05, 3.63) is 0 Å². The second-order valence-corrected chi connectivity index (χ2v) is 6.41. The number of rotatable bonds is 7. The number of nitrogens with zero attached hydrogens (tertiary/aromatic N) is 2. The topological polar surface area (TPSA) is 130 Å². The predicted molar refractivity (Wildman–Crippen MR) is 93.9 cm³/mol. The zero-order valence-electron chi connectivity index (χ0n) is 13.5. The molecule has 0 aliphatic rings. The molecule has 0 rings (SSSR count). The molecule has 0 radical (unpaired) electrons. The number of hydrogen-bond donors (Lipinski definition) is 4. The molecule has 0 aromatic rings. The molecule has 0 heterocycles. The average molecular weight is 407 g/mol. The van der Waals surface area contributed by atoms with Crippen LogP contribution in [0.2, 0.25) is 0 Å². The normalized spacial score (nSPS) is 12.0. The second kappa shape index (κ2) is 13.5. The van der Waals surface area contributed by atoms with Gasteiger partial charge in [0.25, 0.3) is 0 Å². The molecular weight excluding hydrogens is 387 g/mol. The molecule has 13 heteroatoms. The van der Waals surface area contributed by atoms with Crippen molar-refractivity contribution in [1.82, 2.24) is 21.5 Å². The van der Waals surface area contributed by atoms with Crippen LogP contribution in [0.15, 0.2) is 10.2 Å². The van der Waals surface area contributed by atoms with Crippen molar-refractivity contribution in [1.29, 1.82) is 0 Å². The summed E-state index contributed by atoms with van der Waals surface area (Å²) in [6.45, 7) is 3.72. The van der Waals surface area contributed by atoms with Crippen molar-refractivity contribution in [2.75, 3.05) is 19.3 Å². The maximum absolute atomic E-state index is 10.4. The van der Waals surface area contributed by atoms with E-state index in [1.165, 1.54) is 0 Å². The number of nitrogens with one attached hydrogen (secondary N) is 4. The minimum atomic E-state index is -4.19. The van der Waals surface area contributed by atoms with Gasteiger partial charge in [0.2, 0.25) is 0 Å². The predicted octanol–water partition coefficient (Wildman–Crippen LogP) is -3.76. The fourth-order valence-electron chi connectivity index (χ4n) is 0.977. The molecule has 0 aromatic carbocycles. The van der Waals surface area contributed by atoms with E-state index < -0.39 is 15.9 Å². The Kier molecular flexibility index (Phi) is 15.0. The van der Waals surface area contributed by atoms with Gasteiger partial charge in [-0.3, -0.25) is 10.9 Å². The van der Waals surface area contributed by atoms with Gasteiger partial charge in [0.15, 0.2) is 10.2 Å². The van der Waals surface area contributed by atoms with Crippen LogP contribution in [0.1, 0.15) is 20.3 Å². The van der Waals surface area contributed by atoms with Gasteiger partial charge in [0, 0.05) is 19.3 Å². The Morgan fingerprint density at radius 1 is 1.09 bits per heavy atom. The molecule has 126 valence electrons. The van der Waals surface area contributed by atoms with Crippen LogP contribution in [0.4, 0.5) is 0 Å². The van der Waals surface area contributed by atoms with E-state index >= 15 is 0 Å². The third-order valence-electron chi connectivity index (χ3n) is 2.26. The fraction of sp³-hybridized carbons (Fsp3) is 0.600. The summed E-state index contributed by atoms with van der Waals surface area (Å²) in [5.41, 5.74) is 6.39. The summed E-state index contributed by atoms with van der Waals surface area (Å²) >= 11 is 9.82. The van der Waals surface area contributed by atoms with Crippen LogP contribution in [0.25, 0.3) is 0 Å². The van der Waals surface area contributed by atoms with E-state index in [1.807, 2.05) is 0 Å². The molecule has 0 fully saturated rings. The summed E-state index contributed by atoms with van der Waals surface area (Å²) in [5, 5.41) is 14.0. The molecule has 0 unspecified atom stereocenters. The average Bonchev–Trinajstić information content (AvgIpc) is 2.45. The number of hydrogen-bond acceptors (Lipinski definition) is 7. The second-order valence-electron chi connectivity index (χ2n) is 4.07. The van der Waals surface area contributed by atoms with Crippen molar-refractivity contribution >= 4 is 56.2 Å². The molecule has 0 spiro atoms. The fourth-order valence-corrected chi connectivity index (χ4v) is 1.67. The molecule has 9 nitrogen and oxygen atoms in total. The van der Waals surface area contributed by atoms with Gasteiger partial charge in [-0.05, 0) is 44.7 Å². The SMILES string of the molecule is CNC(=S)N/N=C(C)/C(C)=N/NC(=S)NCCCS(=O)(=O)[O-].[K+]. The van der Waals surface area contributed by atoms with E-state index in [2.05, 4.69) is 31.7 Å². The van der Waals surface area contributed by atoms with Gasteiger partial charge in [-0.1, -0.05) is 0 Å². The largest absolute Gasteiger partial charge is 1.00 e. The van der Waals surface area contributed by atoms with Crippen LogP contribution in [0, 0.1) is 0 Å². The minimum Gasteiger partial charge on any atom is -0.748 e. The molecule has 23 heavy (non-hydrogen) atoms. The van der Waals surface area contributed by atoms with Crippen LogP contribution >= 0.6 is 24.4 Å². The quantitative estimate of drug-likeness (QED) is 0.0841. The Labute approximate surface area is 189 Å². The Balaban J connectivity index is 0. The van der Waals surface area contributed by atoms with E-state index in [1.54, 1.807) is 20.9 Å². The summed E-state index contributed by atoms with van der Waals surface area (Å²) in [7, 11) is -2.52. The maximum atomic E-state index is 10.4. The molecule has 0 aliphatic carbocycles. The van der Waals surface area contributed by atoms with Gasteiger partial charge in [-0.15, -0.1) is 0 Å². The first kappa shape index (κ1) is 25.5. The maximum Gasteiger partial charge on any atom is 1.00 e. The van der Waals surface area contributed by atoms with Crippen LogP contribution in [0.3, 0.4) is 0 Å². The Morgan fingerprint density at radius 3 is 2.00 bits per heavy atom. The molecule has 0 aromatic heterocycles. The van der Waals surface area contributed by atoms with E-state index in [4.69, 9.17) is 24.4 Å². The van der Waals surface area contributed by atoms with Crippen molar-refractivity contribution in [2.45, 2.75) is 20.3 Å². The standard InChI is InChI=1S/C10H20N6O3S3.K/c1-7(13-15-9(20)11-3)8(2)14-16-10(21)12-5-4-6-22(17,18)19;/h4-6H2,1-3H3,(H2,11,15,20)(H2,12,16,21)(H,17,18,19);/q;+1/p-1/b13-7+,14-8+;. The molecule has 0 saturated heterocycles. The van der Waals surface area contributed by atoms with E-state index in [-0.39, 0.29) is 69.5 Å². The first-order valence-corrected chi connectivity index (χ1v) is 8.59. The molecular formula is C10H19KN6O3S3. The van der Waals surface area contributed by atoms with Crippen LogP contribution in [-0.2, 0) is 10.1 Å². The minimum absolute atomic E-state index is 0. The molecule has 0 bridgehead atoms. The van der Waals surface area contributed by atoms with Gasteiger partial charge in [0.1, 0.15) is 0 Å². The summed E-state index contributed by atoms with van der Waals surface area (Å²) in [4.78, 5) is 0. The van der Waals surface area contributed by atoms with E-state index in [9.17, 15) is 13.0 Å². The van der Waals surface area contributed by atoms with Crippen molar-refractivity contribution in [3.8, 4) is 0 Å². The van der Waals surface area contributed by atoms with Gasteiger partial charge in [0.05, 0.1) is 21.5 Å². The van der Waals surface area contributed by atoms with Crippen molar-refractivity contribution in [2.24, 2.45) is 10.2 Å². The third-order valence-corrected chi connectivity index (χ3v) is 3.58. The summed E-state index contributed by atoms with van der Waals surface area (Å²) in [6, 6.07) is 0. The smallest absolute Gasteiger partial charge is 0.748 e. The van der Waals surface area contributed by atoms with Gasteiger partial charge >= 0.3 is 51.4 Å². The van der Waals surface area contributed by atoms with Gasteiger partial charge in [-0.25, -0.2) is 8.42 Å². The van der Waals surface area contributed by atoms with Crippen LogP contribution < -0.4 is 72.9 Å². The Bertz CT molecular complexity index is 564. The Hall–Kier alpha value is 0.266. The number of hydrazone groups is 2. The van der Waals surface area contributed by atoms with E-state index in [0.717, 1.165) is 0 Å². The monoisotopic (exact) mass is 406 g/mol. The van der Waals surface area contributed by atoms with E-state index in [0.29, 0.717) is 16.5 Å². The first-order chi connectivity index (χ1) is 10.2. The van der Waals surface area contributed by atoms with Gasteiger partial charge < -0.3 is 15.2 Å². The van der Waals surface area contributed by atoms with Crippen molar-refractivity contribution in [3.63, 3.8) is 0 Å². The van der Waals surface area contributed by atoms with Gasteiger partial charge in [-0.2, -0.15) is 10.2 Å². The van der Waals surface area contributed by atoms with Crippen molar-refractivity contribution < 1.29 is 64.4 Å². The Morgan fingerprint density at radius 2 is 1.57 bits per heavy atom. The molecule has 0 saturated carbocycles. The first-order valence-electron chi connectivity index (χ1n) is 6.19. The van der Waals surface area contributed by atoms with Crippen LogP contribution in [0.5, 0.6) is 0 Å². The zero-order valence-corrected chi connectivity index (χ0v) is 19.0. The molecule has 0 amide bonds. The third kappa shape index (κ3) is 15.5. The molecule has 0 atom stereocenters. The summed E-state index contributed by atoms with van der Waals surface area (Å²) in [5.74, 6) is -0.437. The zero-order chi connectivity index (χ0) is 17.2.